The molecule has 0 spiro atoms. The number of carbonyl (C=O) groups is 3. The minimum atomic E-state index is -1.09. The number of benzene rings is 3. The van der Waals surface area contributed by atoms with Crippen LogP contribution in [0.15, 0.2) is 85.2 Å². The molecule has 2 unspecified atom stereocenters. The van der Waals surface area contributed by atoms with Crippen LogP contribution in [0.5, 0.6) is 11.5 Å². The maximum absolute atomic E-state index is 13.0. The minimum Gasteiger partial charge on any atom is -0.619 e. The molecule has 3 aromatic carbocycles. The number of carboxylic acid groups (broad SMARTS) is 1. The van der Waals surface area contributed by atoms with E-state index in [-0.39, 0.29) is 22.0 Å². The van der Waals surface area contributed by atoms with E-state index in [1.807, 2.05) is 0 Å². The highest BCUT2D eigenvalue weighted by Crippen LogP contribution is 2.35. The Balaban J connectivity index is 1.48. The summed E-state index contributed by atoms with van der Waals surface area (Å²) in [6.07, 6.45) is 1.34. The van der Waals surface area contributed by atoms with Gasteiger partial charge in [0.05, 0.1) is 14.2 Å². The zero-order valence-electron chi connectivity index (χ0n) is 24.2. The van der Waals surface area contributed by atoms with Crippen molar-refractivity contribution < 1.29 is 38.4 Å². The van der Waals surface area contributed by atoms with Gasteiger partial charge in [-0.2, -0.15) is 4.73 Å². The standard InChI is InChI=1S/C32H29Cl2N3O8/c1-43-26-12-11-20(14-28(26)44-2)27(15-23-24(33)17-37(42)18-25(23)34)45-29(38)16-35-31(39)21-9-6-10-22(13-21)36-30(32(40)41)19-7-4-3-5-8-19/h3-14,17-18,27,30,36H,15-16H2,1-2H3,(H,35,39)(H,40,41). The van der Waals surface area contributed by atoms with Gasteiger partial charge in [-0.1, -0.05) is 65.7 Å². The molecule has 0 aliphatic rings. The molecular weight excluding hydrogens is 625 g/mol. The van der Waals surface area contributed by atoms with Gasteiger partial charge in [-0.05, 0) is 41.5 Å². The van der Waals surface area contributed by atoms with E-state index in [0.717, 1.165) is 12.4 Å². The quantitative estimate of drug-likeness (QED) is 0.101. The maximum Gasteiger partial charge on any atom is 0.330 e. The third-order valence-electron chi connectivity index (χ3n) is 6.71. The van der Waals surface area contributed by atoms with Crippen LogP contribution in [0.2, 0.25) is 10.0 Å². The lowest BCUT2D eigenvalue weighted by molar-refractivity contribution is -0.605. The van der Waals surface area contributed by atoms with E-state index in [1.165, 1.54) is 26.4 Å². The van der Waals surface area contributed by atoms with Crippen LogP contribution in [0.4, 0.5) is 5.69 Å². The smallest absolute Gasteiger partial charge is 0.330 e. The number of aromatic nitrogens is 1. The van der Waals surface area contributed by atoms with Gasteiger partial charge in [0.1, 0.15) is 22.7 Å². The van der Waals surface area contributed by atoms with Crippen molar-refractivity contribution in [3.05, 3.63) is 123 Å². The van der Waals surface area contributed by atoms with Gasteiger partial charge in [0, 0.05) is 23.2 Å². The lowest BCUT2D eigenvalue weighted by Crippen LogP contribution is -2.32. The van der Waals surface area contributed by atoms with Gasteiger partial charge in [-0.3, -0.25) is 9.59 Å². The van der Waals surface area contributed by atoms with Crippen LogP contribution in [-0.4, -0.2) is 43.7 Å². The molecule has 0 aliphatic carbocycles. The molecule has 3 N–H and O–H groups in total. The van der Waals surface area contributed by atoms with E-state index < -0.39 is 36.5 Å². The van der Waals surface area contributed by atoms with Crippen molar-refractivity contribution >= 4 is 46.7 Å². The highest BCUT2D eigenvalue weighted by molar-refractivity contribution is 6.35. The van der Waals surface area contributed by atoms with Gasteiger partial charge < -0.3 is 35.2 Å². The van der Waals surface area contributed by atoms with Gasteiger partial charge in [0.2, 0.25) is 0 Å². The topological polar surface area (TPSA) is 150 Å². The molecule has 2 atom stereocenters. The van der Waals surface area contributed by atoms with Crippen molar-refractivity contribution in [3.8, 4) is 11.5 Å². The molecule has 0 aliphatic heterocycles. The molecule has 0 saturated carbocycles. The Morgan fingerprint density at radius 3 is 2.22 bits per heavy atom. The average molecular weight is 655 g/mol. The highest BCUT2D eigenvalue weighted by Gasteiger charge is 2.24. The fraction of sp³-hybridized carbons (Fsp3) is 0.188. The number of pyridine rings is 1. The molecule has 13 heteroatoms. The number of rotatable bonds is 13. The number of hydrogen-bond acceptors (Lipinski definition) is 8. The van der Waals surface area contributed by atoms with Crippen molar-refractivity contribution in [1.29, 1.82) is 0 Å². The summed E-state index contributed by atoms with van der Waals surface area (Å²) in [6.45, 7) is -0.487. The first-order valence-corrected chi connectivity index (χ1v) is 14.3. The number of carboxylic acids is 1. The number of anilines is 1. The zero-order valence-corrected chi connectivity index (χ0v) is 25.7. The zero-order chi connectivity index (χ0) is 32.5. The molecule has 45 heavy (non-hydrogen) atoms. The molecule has 0 bridgehead atoms. The Bertz CT molecular complexity index is 1660. The fourth-order valence-electron chi connectivity index (χ4n) is 4.50. The molecule has 1 aromatic heterocycles. The molecular formula is C32H29Cl2N3O8. The summed E-state index contributed by atoms with van der Waals surface area (Å²) < 4.78 is 16.9. The maximum atomic E-state index is 13.0. The molecule has 0 saturated heterocycles. The SMILES string of the molecule is COc1ccc(C(Cc2c(Cl)c[n+]([O-])cc2Cl)OC(=O)CNC(=O)c2cccc(NC(C(=O)O)c3ccccc3)c2)cc1OC. The van der Waals surface area contributed by atoms with Crippen molar-refractivity contribution in [2.45, 2.75) is 18.6 Å². The molecule has 1 heterocycles. The number of nitrogens with one attached hydrogen (secondary N) is 2. The van der Waals surface area contributed by atoms with Crippen LogP contribution >= 0.6 is 23.2 Å². The third-order valence-corrected chi connectivity index (χ3v) is 7.36. The first-order valence-electron chi connectivity index (χ1n) is 13.5. The van der Waals surface area contributed by atoms with Gasteiger partial charge >= 0.3 is 11.9 Å². The number of esters is 1. The number of aliphatic carboxylic acids is 1. The van der Waals surface area contributed by atoms with Crippen LogP contribution in [0.25, 0.3) is 0 Å². The summed E-state index contributed by atoms with van der Waals surface area (Å²) in [6, 6.07) is 18.7. The summed E-state index contributed by atoms with van der Waals surface area (Å²) in [4.78, 5) is 37.9. The number of ether oxygens (including phenoxy) is 3. The third kappa shape index (κ3) is 8.55. The summed E-state index contributed by atoms with van der Waals surface area (Å²) in [7, 11) is 2.95. The van der Waals surface area contributed by atoms with Gasteiger partial charge in [0.15, 0.2) is 29.9 Å². The molecule has 0 fully saturated rings. The summed E-state index contributed by atoms with van der Waals surface area (Å²) in [5, 5.41) is 27.1. The largest absolute Gasteiger partial charge is 0.619 e. The second kappa shape index (κ2) is 15.1. The van der Waals surface area contributed by atoms with Crippen molar-refractivity contribution in [3.63, 3.8) is 0 Å². The molecule has 11 nitrogen and oxygen atoms in total. The second-order valence-corrected chi connectivity index (χ2v) is 10.5. The predicted molar refractivity (Wildman–Crippen MR) is 167 cm³/mol. The summed E-state index contributed by atoms with van der Waals surface area (Å²) in [5.74, 6) is -1.60. The van der Waals surface area contributed by atoms with E-state index in [0.29, 0.717) is 38.6 Å². The van der Waals surface area contributed by atoms with Crippen molar-refractivity contribution in [2.75, 3.05) is 26.1 Å². The Hall–Kier alpha value is -5.00. The number of carbonyl (C=O) groups excluding carboxylic acids is 2. The van der Waals surface area contributed by atoms with Crippen LogP contribution in [0.3, 0.4) is 0 Å². The number of nitrogens with zero attached hydrogens (tertiary/aromatic N) is 1. The fourth-order valence-corrected chi connectivity index (χ4v) is 5.10. The van der Waals surface area contributed by atoms with Gasteiger partial charge in [0.25, 0.3) is 5.91 Å². The molecule has 4 aromatic rings. The number of amides is 1. The molecule has 234 valence electrons. The van der Waals surface area contributed by atoms with E-state index in [9.17, 15) is 24.7 Å². The van der Waals surface area contributed by atoms with Crippen LogP contribution < -0.4 is 24.8 Å². The molecule has 1 amide bonds. The van der Waals surface area contributed by atoms with Crippen LogP contribution in [0.1, 0.15) is 39.2 Å². The lowest BCUT2D eigenvalue weighted by atomic mass is 10.0. The Labute approximate surface area is 268 Å². The van der Waals surface area contributed by atoms with Gasteiger partial charge in [-0.15, -0.1) is 0 Å². The summed E-state index contributed by atoms with van der Waals surface area (Å²) >= 11 is 12.6. The van der Waals surface area contributed by atoms with Gasteiger partial charge in [-0.25, -0.2) is 4.79 Å². The normalized spacial score (nSPS) is 12.0. The number of hydrogen-bond donors (Lipinski definition) is 3. The van der Waals surface area contributed by atoms with Crippen LogP contribution in [-0.2, 0) is 20.7 Å². The summed E-state index contributed by atoms with van der Waals surface area (Å²) in [5.41, 5.74) is 2.02. The number of methoxy groups -OCH3 is 2. The highest BCUT2D eigenvalue weighted by atomic mass is 35.5. The van der Waals surface area contributed by atoms with E-state index in [2.05, 4.69) is 10.6 Å². The van der Waals surface area contributed by atoms with Crippen molar-refractivity contribution in [1.82, 2.24) is 5.32 Å². The first kappa shape index (κ1) is 32.9. The Kier molecular flexibility index (Phi) is 11.1. The van der Waals surface area contributed by atoms with Crippen molar-refractivity contribution in [2.24, 2.45) is 0 Å². The molecule has 0 radical (unpaired) electrons. The van der Waals surface area contributed by atoms with E-state index >= 15 is 0 Å². The Morgan fingerprint density at radius 2 is 1.58 bits per heavy atom. The van der Waals surface area contributed by atoms with E-state index in [1.54, 1.807) is 60.7 Å². The monoisotopic (exact) mass is 653 g/mol. The first-order chi connectivity index (χ1) is 21.6. The molecule has 4 rings (SSSR count). The lowest BCUT2D eigenvalue weighted by Gasteiger charge is -2.21. The number of halogens is 2. The average Bonchev–Trinajstić information content (AvgIpc) is 3.03. The van der Waals surface area contributed by atoms with E-state index in [4.69, 9.17) is 37.4 Å². The van der Waals surface area contributed by atoms with Crippen LogP contribution in [0, 0.1) is 5.21 Å². The Morgan fingerprint density at radius 1 is 0.889 bits per heavy atom. The predicted octanol–water partition coefficient (Wildman–Crippen LogP) is 5.14. The second-order valence-electron chi connectivity index (χ2n) is 9.68. The minimum absolute atomic E-state index is 0.00749.